The van der Waals surface area contributed by atoms with Gasteiger partial charge >= 0.3 is 0 Å². The number of rotatable bonds is 6. The van der Waals surface area contributed by atoms with Crippen molar-refractivity contribution in [2.75, 3.05) is 6.54 Å². The van der Waals surface area contributed by atoms with Gasteiger partial charge in [-0.1, -0.05) is 44.4 Å². The average Bonchev–Trinajstić information content (AvgIpc) is 2.55. The molecule has 1 saturated carbocycles. The molecule has 0 radical (unpaired) electrons. The number of amides is 1. The van der Waals surface area contributed by atoms with Crippen molar-refractivity contribution in [1.82, 2.24) is 5.32 Å². The highest BCUT2D eigenvalue weighted by Gasteiger charge is 2.25. The van der Waals surface area contributed by atoms with Crippen molar-refractivity contribution in [3.63, 3.8) is 0 Å². The van der Waals surface area contributed by atoms with Crippen molar-refractivity contribution >= 4 is 18.3 Å². The van der Waals surface area contributed by atoms with E-state index in [1.807, 2.05) is 6.92 Å². The summed E-state index contributed by atoms with van der Waals surface area (Å²) < 4.78 is 13.7. The number of hydrogen-bond donors (Lipinski definition) is 2. The first kappa shape index (κ1) is 19.9. The van der Waals surface area contributed by atoms with E-state index >= 15 is 0 Å². The molecule has 1 fully saturated rings. The van der Waals surface area contributed by atoms with Crippen LogP contribution in [-0.2, 0) is 11.2 Å². The topological polar surface area (TPSA) is 55.1 Å². The molecule has 0 aromatic heterocycles. The van der Waals surface area contributed by atoms with Gasteiger partial charge in [-0.25, -0.2) is 4.39 Å². The van der Waals surface area contributed by atoms with Crippen molar-refractivity contribution in [3.8, 4) is 0 Å². The fraction of sp³-hybridized carbons (Fsp3) is 0.611. The third-order valence-electron chi connectivity index (χ3n) is 4.73. The van der Waals surface area contributed by atoms with E-state index < -0.39 is 0 Å². The highest BCUT2D eigenvalue weighted by atomic mass is 35.5. The standard InChI is InChI=1S/C18H27FN2O.ClH/c1-13(11-15-9-5-6-10-16(15)19)18(22)21-17(12-20)14-7-3-2-4-8-14;/h5-6,9-10,13-14,17H,2-4,7-8,11-12,20H2,1H3,(H,21,22);1H. The van der Waals surface area contributed by atoms with Crippen LogP contribution in [0.4, 0.5) is 4.39 Å². The summed E-state index contributed by atoms with van der Waals surface area (Å²) in [5, 5.41) is 3.09. The molecule has 1 amide bonds. The van der Waals surface area contributed by atoms with Crippen molar-refractivity contribution in [3.05, 3.63) is 35.6 Å². The largest absolute Gasteiger partial charge is 0.352 e. The van der Waals surface area contributed by atoms with Crippen molar-refractivity contribution < 1.29 is 9.18 Å². The van der Waals surface area contributed by atoms with Crippen LogP contribution in [0.15, 0.2) is 24.3 Å². The van der Waals surface area contributed by atoms with Crippen LogP contribution in [0.1, 0.15) is 44.6 Å². The van der Waals surface area contributed by atoms with E-state index in [0.717, 1.165) is 12.8 Å². The monoisotopic (exact) mass is 342 g/mol. The van der Waals surface area contributed by atoms with Gasteiger partial charge in [-0.2, -0.15) is 0 Å². The van der Waals surface area contributed by atoms with E-state index in [1.165, 1.54) is 25.3 Å². The molecule has 1 aliphatic carbocycles. The smallest absolute Gasteiger partial charge is 0.223 e. The fourth-order valence-corrected chi connectivity index (χ4v) is 3.32. The second-order valence-electron chi connectivity index (χ2n) is 6.45. The molecule has 0 heterocycles. The molecule has 1 aliphatic rings. The van der Waals surface area contributed by atoms with Gasteiger partial charge in [-0.15, -0.1) is 12.4 Å². The summed E-state index contributed by atoms with van der Waals surface area (Å²) in [4.78, 5) is 12.4. The van der Waals surface area contributed by atoms with Crippen LogP contribution in [0.25, 0.3) is 0 Å². The maximum absolute atomic E-state index is 13.7. The second-order valence-corrected chi connectivity index (χ2v) is 6.45. The number of hydrogen-bond acceptors (Lipinski definition) is 2. The van der Waals surface area contributed by atoms with Crippen molar-refractivity contribution in [2.45, 2.75) is 51.5 Å². The molecule has 0 aliphatic heterocycles. The Morgan fingerprint density at radius 1 is 1.30 bits per heavy atom. The number of nitrogens with two attached hydrogens (primary N) is 1. The zero-order valence-corrected chi connectivity index (χ0v) is 14.6. The third-order valence-corrected chi connectivity index (χ3v) is 4.73. The van der Waals surface area contributed by atoms with Crippen LogP contribution < -0.4 is 11.1 Å². The first-order valence-electron chi connectivity index (χ1n) is 8.35. The van der Waals surface area contributed by atoms with E-state index in [9.17, 15) is 9.18 Å². The van der Waals surface area contributed by atoms with Crippen molar-refractivity contribution in [1.29, 1.82) is 0 Å². The SMILES string of the molecule is CC(Cc1ccccc1F)C(=O)NC(CN)C1CCCCC1.Cl. The van der Waals surface area contributed by atoms with Crippen LogP contribution >= 0.6 is 12.4 Å². The van der Waals surface area contributed by atoms with Crippen molar-refractivity contribution in [2.24, 2.45) is 17.6 Å². The summed E-state index contributed by atoms with van der Waals surface area (Å²) in [6, 6.07) is 6.69. The lowest BCUT2D eigenvalue weighted by molar-refractivity contribution is -0.125. The summed E-state index contributed by atoms with van der Waals surface area (Å²) in [5.41, 5.74) is 6.44. The van der Waals surface area contributed by atoms with Crippen LogP contribution in [-0.4, -0.2) is 18.5 Å². The van der Waals surface area contributed by atoms with Gasteiger partial charge in [0.1, 0.15) is 5.82 Å². The molecular weight excluding hydrogens is 315 g/mol. The fourth-order valence-electron chi connectivity index (χ4n) is 3.32. The summed E-state index contributed by atoms with van der Waals surface area (Å²) in [7, 11) is 0. The van der Waals surface area contributed by atoms with E-state index in [-0.39, 0.29) is 36.1 Å². The predicted molar refractivity (Wildman–Crippen MR) is 94.1 cm³/mol. The average molecular weight is 343 g/mol. The van der Waals surface area contributed by atoms with Gasteiger partial charge in [-0.05, 0) is 36.8 Å². The Bertz CT molecular complexity index is 492. The number of halogens is 2. The van der Waals surface area contributed by atoms with Gasteiger partial charge < -0.3 is 11.1 Å². The second kappa shape index (κ2) is 9.89. The van der Waals surface area contributed by atoms with Crippen LogP contribution in [0.2, 0.25) is 0 Å². The minimum absolute atomic E-state index is 0. The third kappa shape index (κ3) is 5.78. The van der Waals surface area contributed by atoms with E-state index in [0.29, 0.717) is 24.4 Å². The Balaban J connectivity index is 0.00000264. The maximum atomic E-state index is 13.7. The Morgan fingerprint density at radius 2 is 1.96 bits per heavy atom. The molecule has 3 nitrogen and oxygen atoms in total. The molecule has 3 N–H and O–H groups in total. The van der Waals surface area contributed by atoms with Gasteiger partial charge in [0.05, 0.1) is 0 Å². The number of benzene rings is 1. The molecule has 0 spiro atoms. The predicted octanol–water partition coefficient (Wildman–Crippen LogP) is 3.45. The normalized spacial score (nSPS) is 17.9. The minimum atomic E-state index is -0.255. The zero-order valence-electron chi connectivity index (χ0n) is 13.8. The van der Waals surface area contributed by atoms with E-state index in [2.05, 4.69) is 5.32 Å². The first-order chi connectivity index (χ1) is 10.6. The van der Waals surface area contributed by atoms with Gasteiger partial charge in [0.15, 0.2) is 0 Å². The zero-order chi connectivity index (χ0) is 15.9. The molecule has 23 heavy (non-hydrogen) atoms. The summed E-state index contributed by atoms with van der Waals surface area (Å²) >= 11 is 0. The highest BCUT2D eigenvalue weighted by Crippen LogP contribution is 2.26. The Morgan fingerprint density at radius 3 is 2.57 bits per heavy atom. The molecule has 2 rings (SSSR count). The Hall–Kier alpha value is -1.13. The quantitative estimate of drug-likeness (QED) is 0.832. The highest BCUT2D eigenvalue weighted by molar-refractivity contribution is 5.85. The number of carbonyl (C=O) groups is 1. The lowest BCUT2D eigenvalue weighted by Crippen LogP contribution is -2.47. The molecule has 130 valence electrons. The lowest BCUT2D eigenvalue weighted by atomic mass is 9.83. The Kier molecular flexibility index (Phi) is 8.56. The first-order valence-corrected chi connectivity index (χ1v) is 8.35. The van der Waals surface area contributed by atoms with Gasteiger partial charge in [0, 0.05) is 18.5 Å². The number of nitrogens with one attached hydrogen (secondary N) is 1. The molecule has 5 heteroatoms. The van der Waals surface area contributed by atoms with Crippen LogP contribution in [0.5, 0.6) is 0 Å². The van der Waals surface area contributed by atoms with Crippen LogP contribution in [0.3, 0.4) is 0 Å². The molecular formula is C18H28ClFN2O. The van der Waals surface area contributed by atoms with E-state index in [1.54, 1.807) is 18.2 Å². The van der Waals surface area contributed by atoms with Gasteiger partial charge in [0.2, 0.25) is 5.91 Å². The van der Waals surface area contributed by atoms with Gasteiger partial charge in [0.25, 0.3) is 0 Å². The molecule has 1 aromatic rings. The maximum Gasteiger partial charge on any atom is 0.223 e. The molecule has 0 bridgehead atoms. The van der Waals surface area contributed by atoms with Crippen LogP contribution in [0, 0.1) is 17.7 Å². The summed E-state index contributed by atoms with van der Waals surface area (Å²) in [6.07, 6.45) is 6.43. The number of carbonyl (C=O) groups excluding carboxylic acids is 1. The summed E-state index contributed by atoms with van der Waals surface area (Å²) in [5.74, 6) is -0.0352. The molecule has 1 aromatic carbocycles. The lowest BCUT2D eigenvalue weighted by Gasteiger charge is -2.31. The molecule has 2 unspecified atom stereocenters. The Labute approximate surface area is 144 Å². The molecule has 0 saturated heterocycles. The van der Waals surface area contributed by atoms with Gasteiger partial charge in [-0.3, -0.25) is 4.79 Å². The minimum Gasteiger partial charge on any atom is -0.352 e. The summed E-state index contributed by atoms with van der Waals surface area (Å²) in [6.45, 7) is 2.32. The van der Waals surface area contributed by atoms with E-state index in [4.69, 9.17) is 5.73 Å². The molecule has 2 atom stereocenters.